The average molecular weight is 220 g/mol. The molecule has 5 nitrogen and oxygen atoms in total. The van der Waals surface area contributed by atoms with Gasteiger partial charge in [-0.3, -0.25) is 4.79 Å². The van der Waals surface area contributed by atoms with Crippen LogP contribution in [-0.2, 0) is 0 Å². The van der Waals surface area contributed by atoms with Gasteiger partial charge in [-0.25, -0.2) is 4.98 Å². The van der Waals surface area contributed by atoms with Crippen LogP contribution >= 0.6 is 0 Å². The molecule has 0 fully saturated rings. The lowest BCUT2D eigenvalue weighted by molar-refractivity contribution is 0.0925. The van der Waals surface area contributed by atoms with Crippen LogP contribution in [0.15, 0.2) is 22.6 Å². The van der Waals surface area contributed by atoms with Crippen molar-refractivity contribution >= 4 is 16.9 Å². The first-order valence-corrected chi connectivity index (χ1v) is 4.89. The van der Waals surface area contributed by atoms with Crippen LogP contribution in [0.4, 0.5) is 0 Å². The molecular weight excluding hydrogens is 208 g/mol. The predicted octanol–water partition coefficient (Wildman–Crippen LogP) is 0.639. The summed E-state index contributed by atoms with van der Waals surface area (Å²) >= 11 is 0. The minimum atomic E-state index is -0.888. The molecule has 0 aliphatic rings. The van der Waals surface area contributed by atoms with Gasteiger partial charge in [0.15, 0.2) is 17.3 Å². The maximum absolute atomic E-state index is 11.7. The van der Waals surface area contributed by atoms with E-state index >= 15 is 0 Å². The Hall–Kier alpha value is -1.72. The van der Waals surface area contributed by atoms with Gasteiger partial charge in [0.05, 0.1) is 12.6 Å². The molecule has 0 saturated heterocycles. The summed E-state index contributed by atoms with van der Waals surface area (Å²) in [4.78, 5) is 15.8. The first-order valence-electron chi connectivity index (χ1n) is 4.89. The normalized spacial score (nSPS) is 12.9. The Bertz CT molecular complexity index is 533. The Morgan fingerprint density at radius 3 is 3.06 bits per heavy atom. The van der Waals surface area contributed by atoms with Crippen LogP contribution in [0.3, 0.4) is 0 Å². The van der Waals surface area contributed by atoms with E-state index in [-0.39, 0.29) is 12.4 Å². The molecular formula is C11H12N2O3. The highest BCUT2D eigenvalue weighted by Crippen LogP contribution is 2.17. The van der Waals surface area contributed by atoms with Crippen LogP contribution in [0.25, 0.3) is 11.1 Å². The van der Waals surface area contributed by atoms with Gasteiger partial charge in [-0.15, -0.1) is 0 Å². The first kappa shape index (κ1) is 10.8. The summed E-state index contributed by atoms with van der Waals surface area (Å²) in [5, 5.41) is 8.80. The molecule has 2 aromatic rings. The van der Waals surface area contributed by atoms with E-state index in [0.717, 1.165) is 0 Å². The topological polar surface area (TPSA) is 89.4 Å². The number of aliphatic hydroxyl groups is 1. The van der Waals surface area contributed by atoms with Crippen LogP contribution in [0.5, 0.6) is 0 Å². The third kappa shape index (κ3) is 1.82. The van der Waals surface area contributed by atoms with Crippen molar-refractivity contribution in [3.05, 3.63) is 29.7 Å². The molecule has 5 heteroatoms. The standard InChI is InChI=1S/C11H12N2O3/c1-6-13-9-3-2-7(4-10(9)16-6)11(15)8(12)5-14/h2-4,8,14H,5,12H2,1H3. The molecule has 2 rings (SSSR count). The number of aryl methyl sites for hydroxylation is 1. The summed E-state index contributed by atoms with van der Waals surface area (Å²) in [6, 6.07) is 4.03. The molecule has 0 saturated carbocycles. The van der Waals surface area contributed by atoms with E-state index in [1.54, 1.807) is 25.1 Å². The second kappa shape index (κ2) is 4.03. The zero-order valence-electron chi connectivity index (χ0n) is 8.80. The number of nitrogens with two attached hydrogens (primary N) is 1. The minimum absolute atomic E-state index is 0.307. The Morgan fingerprint density at radius 1 is 1.62 bits per heavy atom. The highest BCUT2D eigenvalue weighted by Gasteiger charge is 2.15. The summed E-state index contributed by atoms with van der Waals surface area (Å²) in [5.74, 6) is 0.240. The molecule has 3 N–H and O–H groups in total. The summed E-state index contributed by atoms with van der Waals surface area (Å²) in [7, 11) is 0. The Kier molecular flexibility index (Phi) is 2.72. The summed E-state index contributed by atoms with van der Waals surface area (Å²) < 4.78 is 5.31. The number of benzene rings is 1. The molecule has 1 heterocycles. The number of fused-ring (bicyclic) bond motifs is 1. The molecule has 84 valence electrons. The van der Waals surface area contributed by atoms with Gasteiger partial charge in [0, 0.05) is 12.5 Å². The molecule has 0 radical (unpaired) electrons. The number of hydrogen-bond donors (Lipinski definition) is 2. The number of carbonyl (C=O) groups is 1. The van der Waals surface area contributed by atoms with E-state index in [0.29, 0.717) is 22.6 Å². The molecule has 16 heavy (non-hydrogen) atoms. The first-order chi connectivity index (χ1) is 7.61. The lowest BCUT2D eigenvalue weighted by Crippen LogP contribution is -2.33. The third-order valence-electron chi connectivity index (χ3n) is 2.31. The Balaban J connectivity index is 2.42. The van der Waals surface area contributed by atoms with E-state index in [1.165, 1.54) is 0 Å². The summed E-state index contributed by atoms with van der Waals surface area (Å²) in [6.07, 6.45) is 0. The van der Waals surface area contributed by atoms with E-state index in [2.05, 4.69) is 4.98 Å². The van der Waals surface area contributed by atoms with Crippen LogP contribution in [-0.4, -0.2) is 28.5 Å². The molecule has 1 atom stereocenters. The van der Waals surface area contributed by atoms with Gasteiger partial charge in [0.2, 0.25) is 0 Å². The smallest absolute Gasteiger partial charge is 0.192 e. The van der Waals surface area contributed by atoms with E-state index in [4.69, 9.17) is 15.3 Å². The number of carbonyl (C=O) groups excluding carboxylic acids is 1. The van der Waals surface area contributed by atoms with Crippen molar-refractivity contribution < 1.29 is 14.3 Å². The van der Waals surface area contributed by atoms with Crippen LogP contribution in [0, 0.1) is 6.92 Å². The summed E-state index contributed by atoms with van der Waals surface area (Å²) in [6.45, 7) is 1.37. The minimum Gasteiger partial charge on any atom is -0.441 e. The van der Waals surface area contributed by atoms with Crippen LogP contribution in [0.2, 0.25) is 0 Å². The molecule has 1 aromatic carbocycles. The van der Waals surface area contributed by atoms with Crippen LogP contribution < -0.4 is 5.73 Å². The average Bonchev–Trinajstić information content (AvgIpc) is 2.65. The van der Waals surface area contributed by atoms with Crippen molar-refractivity contribution in [3.63, 3.8) is 0 Å². The van der Waals surface area contributed by atoms with E-state index in [9.17, 15) is 4.79 Å². The quantitative estimate of drug-likeness (QED) is 0.741. The van der Waals surface area contributed by atoms with E-state index < -0.39 is 6.04 Å². The molecule has 0 aliphatic carbocycles. The van der Waals surface area contributed by atoms with Gasteiger partial charge >= 0.3 is 0 Å². The molecule has 0 amide bonds. The molecule has 1 aromatic heterocycles. The molecule has 0 aliphatic heterocycles. The highest BCUT2D eigenvalue weighted by atomic mass is 16.3. The number of aliphatic hydroxyl groups excluding tert-OH is 1. The number of hydrogen-bond acceptors (Lipinski definition) is 5. The van der Waals surface area contributed by atoms with Crippen LogP contribution in [0.1, 0.15) is 16.2 Å². The second-order valence-electron chi connectivity index (χ2n) is 3.57. The lowest BCUT2D eigenvalue weighted by atomic mass is 10.1. The third-order valence-corrected chi connectivity index (χ3v) is 2.31. The number of ketones is 1. The SMILES string of the molecule is Cc1nc2ccc(C(=O)C(N)CO)cc2o1. The van der Waals surface area contributed by atoms with Crippen molar-refractivity contribution in [2.75, 3.05) is 6.61 Å². The Labute approximate surface area is 91.9 Å². The number of Topliss-reactive ketones (excluding diaryl/α,β-unsaturated/α-hetero) is 1. The van der Waals surface area contributed by atoms with Gasteiger partial charge in [-0.2, -0.15) is 0 Å². The van der Waals surface area contributed by atoms with Gasteiger partial charge in [0.1, 0.15) is 5.52 Å². The van der Waals surface area contributed by atoms with Crippen molar-refractivity contribution in [2.24, 2.45) is 5.73 Å². The monoisotopic (exact) mass is 220 g/mol. The fourth-order valence-corrected chi connectivity index (χ4v) is 1.49. The van der Waals surface area contributed by atoms with Crippen molar-refractivity contribution in [2.45, 2.75) is 13.0 Å². The van der Waals surface area contributed by atoms with Crippen molar-refractivity contribution in [1.82, 2.24) is 4.98 Å². The number of oxazole rings is 1. The maximum Gasteiger partial charge on any atom is 0.192 e. The fraction of sp³-hybridized carbons (Fsp3) is 0.273. The zero-order chi connectivity index (χ0) is 11.7. The highest BCUT2D eigenvalue weighted by molar-refractivity contribution is 6.02. The number of nitrogens with zero attached hydrogens (tertiary/aromatic N) is 1. The van der Waals surface area contributed by atoms with Crippen molar-refractivity contribution in [1.29, 1.82) is 0 Å². The number of aromatic nitrogens is 1. The zero-order valence-corrected chi connectivity index (χ0v) is 8.80. The van der Waals surface area contributed by atoms with Gasteiger partial charge in [0.25, 0.3) is 0 Å². The largest absolute Gasteiger partial charge is 0.441 e. The Morgan fingerprint density at radius 2 is 2.38 bits per heavy atom. The molecule has 0 bridgehead atoms. The number of rotatable bonds is 3. The second-order valence-corrected chi connectivity index (χ2v) is 3.57. The van der Waals surface area contributed by atoms with E-state index in [1.807, 2.05) is 0 Å². The fourth-order valence-electron chi connectivity index (χ4n) is 1.49. The predicted molar refractivity (Wildman–Crippen MR) is 58.1 cm³/mol. The lowest BCUT2D eigenvalue weighted by Gasteiger charge is -2.05. The van der Waals surface area contributed by atoms with Gasteiger partial charge < -0.3 is 15.3 Å². The molecule has 0 spiro atoms. The maximum atomic E-state index is 11.7. The molecule has 1 unspecified atom stereocenters. The van der Waals surface area contributed by atoms with Gasteiger partial charge in [-0.05, 0) is 18.2 Å². The van der Waals surface area contributed by atoms with Gasteiger partial charge in [-0.1, -0.05) is 0 Å². The van der Waals surface area contributed by atoms with Crippen molar-refractivity contribution in [3.8, 4) is 0 Å². The summed E-state index contributed by atoms with van der Waals surface area (Å²) in [5.41, 5.74) is 7.12.